The molecular weight excluding hydrogens is 348 g/mol. The van der Waals surface area contributed by atoms with Crippen LogP contribution in [0.4, 0.5) is 5.13 Å². The summed E-state index contributed by atoms with van der Waals surface area (Å²) in [6, 6.07) is 15.0. The fraction of sp³-hybridized carbons (Fsp3) is 0.0588. The molecular formula is C17H13ClN2OS2. The topological polar surface area (TPSA) is 42.0 Å². The van der Waals surface area contributed by atoms with Crippen molar-refractivity contribution in [3.05, 3.63) is 64.5 Å². The summed E-state index contributed by atoms with van der Waals surface area (Å²) in [6.07, 6.45) is 1.98. The van der Waals surface area contributed by atoms with Crippen molar-refractivity contribution in [3.8, 4) is 11.3 Å². The molecule has 0 saturated carbocycles. The predicted molar refractivity (Wildman–Crippen MR) is 98.7 cm³/mol. The van der Waals surface area contributed by atoms with Crippen LogP contribution >= 0.6 is 34.7 Å². The van der Waals surface area contributed by atoms with Crippen LogP contribution in [0.5, 0.6) is 0 Å². The molecule has 0 aliphatic carbocycles. The van der Waals surface area contributed by atoms with Crippen molar-refractivity contribution in [1.82, 2.24) is 4.98 Å². The van der Waals surface area contributed by atoms with Gasteiger partial charge in [-0.3, -0.25) is 10.1 Å². The molecule has 23 heavy (non-hydrogen) atoms. The molecule has 3 aromatic rings. The summed E-state index contributed by atoms with van der Waals surface area (Å²) in [6.45, 7) is 0. The van der Waals surface area contributed by atoms with Gasteiger partial charge in [0, 0.05) is 26.4 Å². The molecule has 0 bridgehead atoms. The Bertz CT molecular complexity index is 831. The zero-order chi connectivity index (χ0) is 16.2. The molecule has 0 aliphatic rings. The number of benzene rings is 2. The number of thioether (sulfide) groups is 1. The molecule has 0 aliphatic heterocycles. The number of carbonyl (C=O) groups excluding carboxylic acids is 1. The summed E-state index contributed by atoms with van der Waals surface area (Å²) in [7, 11) is 0. The van der Waals surface area contributed by atoms with Crippen LogP contribution in [-0.2, 0) is 0 Å². The van der Waals surface area contributed by atoms with E-state index in [0.717, 1.165) is 16.2 Å². The minimum Gasteiger partial charge on any atom is -0.298 e. The van der Waals surface area contributed by atoms with Crippen molar-refractivity contribution >= 4 is 45.7 Å². The molecule has 0 saturated heterocycles. The fourth-order valence-electron chi connectivity index (χ4n) is 2.02. The van der Waals surface area contributed by atoms with Crippen LogP contribution < -0.4 is 5.32 Å². The molecule has 1 aromatic heterocycles. The maximum atomic E-state index is 12.3. The summed E-state index contributed by atoms with van der Waals surface area (Å²) >= 11 is 8.89. The van der Waals surface area contributed by atoms with E-state index in [-0.39, 0.29) is 5.91 Å². The first-order valence-corrected chi connectivity index (χ1v) is 9.31. The van der Waals surface area contributed by atoms with Gasteiger partial charge in [0.25, 0.3) is 5.91 Å². The van der Waals surface area contributed by atoms with E-state index in [9.17, 15) is 4.79 Å². The number of hydrogen-bond acceptors (Lipinski definition) is 4. The van der Waals surface area contributed by atoms with E-state index >= 15 is 0 Å². The summed E-state index contributed by atoms with van der Waals surface area (Å²) in [4.78, 5) is 17.8. The molecule has 0 unspecified atom stereocenters. The summed E-state index contributed by atoms with van der Waals surface area (Å²) in [5.41, 5.74) is 2.41. The Morgan fingerprint density at radius 2 is 2.00 bits per heavy atom. The van der Waals surface area contributed by atoms with Gasteiger partial charge in [-0.2, -0.15) is 0 Å². The lowest BCUT2D eigenvalue weighted by Gasteiger charge is -2.03. The zero-order valence-electron chi connectivity index (χ0n) is 12.2. The van der Waals surface area contributed by atoms with Crippen LogP contribution in [0.15, 0.2) is 58.8 Å². The van der Waals surface area contributed by atoms with E-state index in [2.05, 4.69) is 10.3 Å². The summed E-state index contributed by atoms with van der Waals surface area (Å²) < 4.78 is 0. The van der Waals surface area contributed by atoms with Crippen molar-refractivity contribution in [3.63, 3.8) is 0 Å². The Morgan fingerprint density at radius 3 is 2.74 bits per heavy atom. The van der Waals surface area contributed by atoms with E-state index in [1.165, 1.54) is 11.3 Å². The second kappa shape index (κ2) is 7.17. The predicted octanol–water partition coefficient (Wildman–Crippen LogP) is 5.44. The van der Waals surface area contributed by atoms with Gasteiger partial charge < -0.3 is 0 Å². The number of thiazole rings is 1. The second-order valence-corrected chi connectivity index (χ2v) is 6.91. The lowest BCUT2D eigenvalue weighted by Crippen LogP contribution is -2.11. The van der Waals surface area contributed by atoms with Gasteiger partial charge in [0.15, 0.2) is 5.13 Å². The lowest BCUT2D eigenvalue weighted by atomic mass is 10.2. The number of nitrogens with one attached hydrogen (secondary N) is 1. The van der Waals surface area contributed by atoms with Crippen LogP contribution in [0, 0.1) is 0 Å². The lowest BCUT2D eigenvalue weighted by molar-refractivity contribution is 0.102. The summed E-state index contributed by atoms with van der Waals surface area (Å²) in [5, 5.41) is 6.02. The van der Waals surface area contributed by atoms with Gasteiger partial charge in [-0.15, -0.1) is 23.1 Å². The Kier molecular flexibility index (Phi) is 5.00. The quantitative estimate of drug-likeness (QED) is 0.630. The maximum absolute atomic E-state index is 12.3. The minimum absolute atomic E-state index is 0.155. The third-order valence-corrected chi connectivity index (χ3v) is 4.93. The zero-order valence-corrected chi connectivity index (χ0v) is 14.6. The maximum Gasteiger partial charge on any atom is 0.257 e. The fourth-order valence-corrected chi connectivity index (χ4v) is 3.32. The largest absolute Gasteiger partial charge is 0.298 e. The van der Waals surface area contributed by atoms with E-state index < -0.39 is 0 Å². The smallest absolute Gasteiger partial charge is 0.257 e. The monoisotopic (exact) mass is 360 g/mol. The highest BCUT2D eigenvalue weighted by Gasteiger charge is 2.10. The average Bonchev–Trinajstić information content (AvgIpc) is 3.04. The Labute approximate surface area is 147 Å². The van der Waals surface area contributed by atoms with Crippen molar-refractivity contribution in [1.29, 1.82) is 0 Å². The van der Waals surface area contributed by atoms with Crippen molar-refractivity contribution in [2.45, 2.75) is 4.90 Å². The Morgan fingerprint density at radius 1 is 1.22 bits per heavy atom. The van der Waals surface area contributed by atoms with Gasteiger partial charge in [0.1, 0.15) is 0 Å². The molecule has 0 atom stereocenters. The second-order valence-electron chi connectivity index (χ2n) is 4.73. The highest BCUT2D eigenvalue weighted by molar-refractivity contribution is 7.98. The minimum atomic E-state index is -0.155. The van der Waals surface area contributed by atoms with Crippen LogP contribution in [0.1, 0.15) is 10.4 Å². The van der Waals surface area contributed by atoms with Crippen LogP contribution in [0.2, 0.25) is 5.02 Å². The number of amides is 1. The molecule has 3 nitrogen and oxygen atoms in total. The third-order valence-electron chi connectivity index (χ3n) is 3.20. The Hall–Kier alpha value is -1.82. The SMILES string of the molecule is CSc1cccc(C(=O)Nc2nc(-c3ccc(Cl)cc3)cs2)c1. The number of anilines is 1. The van der Waals surface area contributed by atoms with Gasteiger partial charge in [0.05, 0.1) is 5.69 Å². The van der Waals surface area contributed by atoms with Gasteiger partial charge in [-0.1, -0.05) is 29.8 Å². The van der Waals surface area contributed by atoms with Crippen molar-refractivity contribution in [2.75, 3.05) is 11.6 Å². The first kappa shape index (κ1) is 16.1. The highest BCUT2D eigenvalue weighted by atomic mass is 35.5. The first-order valence-electron chi connectivity index (χ1n) is 6.82. The molecule has 1 N–H and O–H groups in total. The van der Waals surface area contributed by atoms with E-state index in [1.807, 2.05) is 54.1 Å². The van der Waals surface area contributed by atoms with E-state index in [0.29, 0.717) is 15.7 Å². The summed E-state index contributed by atoms with van der Waals surface area (Å²) in [5.74, 6) is -0.155. The number of carbonyl (C=O) groups is 1. The molecule has 3 rings (SSSR count). The third kappa shape index (κ3) is 3.93. The van der Waals surface area contributed by atoms with Crippen molar-refractivity contribution in [2.24, 2.45) is 0 Å². The molecule has 0 fully saturated rings. The van der Waals surface area contributed by atoms with Gasteiger partial charge in [0.2, 0.25) is 0 Å². The first-order chi connectivity index (χ1) is 11.2. The standard InChI is InChI=1S/C17H13ClN2OS2/c1-22-14-4-2-3-12(9-14)16(21)20-17-19-15(10-23-17)11-5-7-13(18)8-6-11/h2-10H,1H3,(H,19,20,21). The van der Waals surface area contributed by atoms with Gasteiger partial charge in [-0.25, -0.2) is 4.98 Å². The van der Waals surface area contributed by atoms with Crippen molar-refractivity contribution < 1.29 is 4.79 Å². The normalized spacial score (nSPS) is 10.5. The molecule has 2 aromatic carbocycles. The van der Waals surface area contributed by atoms with Gasteiger partial charge in [-0.05, 0) is 36.6 Å². The Balaban J connectivity index is 1.75. The molecule has 0 spiro atoms. The van der Waals surface area contributed by atoms with E-state index in [4.69, 9.17) is 11.6 Å². The van der Waals surface area contributed by atoms with E-state index in [1.54, 1.807) is 17.8 Å². The molecule has 0 radical (unpaired) electrons. The van der Waals surface area contributed by atoms with Crippen LogP contribution in [-0.4, -0.2) is 17.1 Å². The molecule has 1 amide bonds. The number of rotatable bonds is 4. The van der Waals surface area contributed by atoms with Crippen LogP contribution in [0.25, 0.3) is 11.3 Å². The average molecular weight is 361 g/mol. The van der Waals surface area contributed by atoms with Gasteiger partial charge >= 0.3 is 0 Å². The number of nitrogens with zero attached hydrogens (tertiary/aromatic N) is 1. The number of aromatic nitrogens is 1. The number of halogens is 1. The molecule has 1 heterocycles. The molecule has 6 heteroatoms. The molecule has 116 valence electrons. The van der Waals surface area contributed by atoms with Crippen LogP contribution in [0.3, 0.4) is 0 Å². The highest BCUT2D eigenvalue weighted by Crippen LogP contribution is 2.26. The number of hydrogen-bond donors (Lipinski definition) is 1.